The molecule has 1 saturated heterocycles. The molecule has 1 aliphatic carbocycles. The Labute approximate surface area is 115 Å². The smallest absolute Gasteiger partial charge is 0.184 e. The average Bonchev–Trinajstić information content (AvgIpc) is 2.32. The standard InChI is InChI=1S/C15H26O4/c1-3-4-5-7-15(8-6-9-15)19-14-13(17)10-12(16)11(2)18-14/h3-4,11-14,16-17H,5-10H2,1-2H3/b4-3+/t11-,12?,13+,14?/m0/s1. The molecule has 2 aliphatic rings. The van der Waals surface area contributed by atoms with E-state index in [-0.39, 0.29) is 11.7 Å². The third-order valence-electron chi connectivity index (χ3n) is 4.32. The van der Waals surface area contributed by atoms with Crippen molar-refractivity contribution < 1.29 is 19.7 Å². The van der Waals surface area contributed by atoms with Crippen LogP contribution in [0.25, 0.3) is 0 Å². The van der Waals surface area contributed by atoms with Gasteiger partial charge in [0, 0.05) is 6.42 Å². The number of aliphatic hydroxyl groups is 2. The zero-order valence-corrected chi connectivity index (χ0v) is 11.9. The maximum atomic E-state index is 9.99. The van der Waals surface area contributed by atoms with Crippen LogP contribution in [0.3, 0.4) is 0 Å². The highest BCUT2D eigenvalue weighted by molar-refractivity contribution is 4.94. The lowest BCUT2D eigenvalue weighted by Gasteiger charge is -2.47. The molecule has 0 aromatic carbocycles. The first kappa shape index (κ1) is 15.0. The summed E-state index contributed by atoms with van der Waals surface area (Å²) >= 11 is 0. The molecule has 1 heterocycles. The maximum Gasteiger partial charge on any atom is 0.184 e. The van der Waals surface area contributed by atoms with Crippen LogP contribution in [0.15, 0.2) is 12.2 Å². The van der Waals surface area contributed by atoms with Gasteiger partial charge in [-0.3, -0.25) is 0 Å². The van der Waals surface area contributed by atoms with Gasteiger partial charge in [-0.1, -0.05) is 12.2 Å². The first-order valence-corrected chi connectivity index (χ1v) is 7.37. The molecule has 110 valence electrons. The minimum absolute atomic E-state index is 0.132. The summed E-state index contributed by atoms with van der Waals surface area (Å²) in [5, 5.41) is 19.6. The van der Waals surface area contributed by atoms with Crippen molar-refractivity contribution in [1.29, 1.82) is 0 Å². The summed E-state index contributed by atoms with van der Waals surface area (Å²) in [6, 6.07) is 0. The van der Waals surface area contributed by atoms with Gasteiger partial charge in [0.05, 0.1) is 17.8 Å². The fraction of sp³-hybridized carbons (Fsp3) is 0.867. The van der Waals surface area contributed by atoms with Gasteiger partial charge in [0.2, 0.25) is 0 Å². The second-order valence-electron chi connectivity index (χ2n) is 5.84. The molecule has 0 spiro atoms. The summed E-state index contributed by atoms with van der Waals surface area (Å²) in [6.07, 6.45) is 7.55. The highest BCUT2D eigenvalue weighted by Crippen LogP contribution is 2.42. The van der Waals surface area contributed by atoms with Gasteiger partial charge in [0.1, 0.15) is 6.10 Å². The van der Waals surface area contributed by atoms with Crippen LogP contribution in [0.1, 0.15) is 52.4 Å². The van der Waals surface area contributed by atoms with Gasteiger partial charge in [-0.05, 0) is 46.0 Å². The quantitative estimate of drug-likeness (QED) is 0.751. The largest absolute Gasteiger partial charge is 0.390 e. The zero-order valence-electron chi connectivity index (χ0n) is 11.9. The van der Waals surface area contributed by atoms with Gasteiger partial charge < -0.3 is 19.7 Å². The third-order valence-corrected chi connectivity index (χ3v) is 4.32. The summed E-state index contributed by atoms with van der Waals surface area (Å²) in [6.45, 7) is 3.84. The molecule has 1 saturated carbocycles. The Balaban J connectivity index is 1.90. The lowest BCUT2D eigenvalue weighted by molar-refractivity contribution is -0.309. The van der Waals surface area contributed by atoms with E-state index >= 15 is 0 Å². The maximum absolute atomic E-state index is 9.99. The first-order valence-electron chi connectivity index (χ1n) is 7.37. The van der Waals surface area contributed by atoms with Crippen molar-refractivity contribution in [2.45, 2.75) is 82.6 Å². The molecule has 2 fully saturated rings. The fourth-order valence-electron chi connectivity index (χ4n) is 2.81. The topological polar surface area (TPSA) is 58.9 Å². The van der Waals surface area contributed by atoms with E-state index in [4.69, 9.17) is 9.47 Å². The van der Waals surface area contributed by atoms with Crippen molar-refractivity contribution in [3.8, 4) is 0 Å². The summed E-state index contributed by atoms with van der Waals surface area (Å²) in [4.78, 5) is 0. The summed E-state index contributed by atoms with van der Waals surface area (Å²) in [5.74, 6) is 0. The number of rotatable bonds is 5. The van der Waals surface area contributed by atoms with Crippen LogP contribution in [0.2, 0.25) is 0 Å². The molecule has 0 amide bonds. The summed E-state index contributed by atoms with van der Waals surface area (Å²) in [5.41, 5.74) is -0.132. The lowest BCUT2D eigenvalue weighted by Crippen LogP contribution is -2.53. The van der Waals surface area contributed by atoms with Gasteiger partial charge in [-0.2, -0.15) is 0 Å². The molecule has 0 aromatic heterocycles. The Morgan fingerprint density at radius 1 is 1.32 bits per heavy atom. The molecular weight excluding hydrogens is 244 g/mol. The van der Waals surface area contributed by atoms with Crippen LogP contribution in [0, 0.1) is 0 Å². The predicted octanol–water partition coefficient (Wildman–Crippen LogP) is 2.14. The van der Waals surface area contributed by atoms with Crippen LogP contribution in [0.4, 0.5) is 0 Å². The zero-order chi connectivity index (χ0) is 13.9. The highest BCUT2D eigenvalue weighted by atomic mass is 16.7. The van der Waals surface area contributed by atoms with E-state index in [1.165, 1.54) is 6.42 Å². The molecular formula is C15H26O4. The first-order chi connectivity index (χ1) is 9.06. The number of allylic oxidation sites excluding steroid dienone is 2. The van der Waals surface area contributed by atoms with Crippen LogP contribution in [0.5, 0.6) is 0 Å². The Bertz CT molecular complexity index is 311. The molecule has 0 radical (unpaired) electrons. The summed E-state index contributed by atoms with van der Waals surface area (Å²) < 4.78 is 11.7. The monoisotopic (exact) mass is 270 g/mol. The second kappa shape index (κ2) is 6.35. The summed E-state index contributed by atoms with van der Waals surface area (Å²) in [7, 11) is 0. The molecule has 4 nitrogen and oxygen atoms in total. The van der Waals surface area contributed by atoms with Gasteiger partial charge in [0.15, 0.2) is 6.29 Å². The van der Waals surface area contributed by atoms with E-state index in [1.54, 1.807) is 0 Å². The minimum Gasteiger partial charge on any atom is -0.390 e. The van der Waals surface area contributed by atoms with E-state index < -0.39 is 18.5 Å². The molecule has 0 bridgehead atoms. The van der Waals surface area contributed by atoms with Crippen molar-refractivity contribution in [1.82, 2.24) is 0 Å². The molecule has 4 atom stereocenters. The lowest BCUT2D eigenvalue weighted by atomic mass is 9.76. The van der Waals surface area contributed by atoms with E-state index in [9.17, 15) is 10.2 Å². The van der Waals surface area contributed by atoms with Crippen molar-refractivity contribution in [3.05, 3.63) is 12.2 Å². The fourth-order valence-corrected chi connectivity index (χ4v) is 2.81. The Morgan fingerprint density at radius 3 is 2.63 bits per heavy atom. The van der Waals surface area contributed by atoms with E-state index in [2.05, 4.69) is 12.2 Å². The number of aliphatic hydroxyl groups excluding tert-OH is 2. The van der Waals surface area contributed by atoms with Crippen molar-refractivity contribution in [3.63, 3.8) is 0 Å². The molecule has 0 aromatic rings. The van der Waals surface area contributed by atoms with E-state index in [0.717, 1.165) is 25.7 Å². The predicted molar refractivity (Wildman–Crippen MR) is 72.7 cm³/mol. The number of hydrogen-bond donors (Lipinski definition) is 2. The Morgan fingerprint density at radius 2 is 2.05 bits per heavy atom. The average molecular weight is 270 g/mol. The van der Waals surface area contributed by atoms with E-state index in [1.807, 2.05) is 13.8 Å². The van der Waals surface area contributed by atoms with Crippen LogP contribution in [-0.4, -0.2) is 40.4 Å². The molecule has 4 heteroatoms. The highest BCUT2D eigenvalue weighted by Gasteiger charge is 2.44. The van der Waals surface area contributed by atoms with Crippen molar-refractivity contribution >= 4 is 0 Å². The molecule has 2 rings (SSSR count). The van der Waals surface area contributed by atoms with Gasteiger partial charge in [-0.25, -0.2) is 0 Å². The minimum atomic E-state index is -0.731. The number of ether oxygens (including phenoxy) is 2. The Hall–Kier alpha value is -0.420. The number of hydrogen-bond acceptors (Lipinski definition) is 4. The van der Waals surface area contributed by atoms with Crippen molar-refractivity contribution in [2.75, 3.05) is 0 Å². The molecule has 2 N–H and O–H groups in total. The van der Waals surface area contributed by atoms with Gasteiger partial charge in [-0.15, -0.1) is 0 Å². The van der Waals surface area contributed by atoms with Gasteiger partial charge in [0.25, 0.3) is 0 Å². The second-order valence-corrected chi connectivity index (χ2v) is 5.84. The normalized spacial score (nSPS) is 38.3. The van der Waals surface area contributed by atoms with Crippen LogP contribution in [-0.2, 0) is 9.47 Å². The molecule has 19 heavy (non-hydrogen) atoms. The van der Waals surface area contributed by atoms with Gasteiger partial charge >= 0.3 is 0 Å². The van der Waals surface area contributed by atoms with E-state index in [0.29, 0.717) is 6.42 Å². The molecule has 1 aliphatic heterocycles. The SMILES string of the molecule is C/C=C/CCC1(OC2O[C@@H](C)C(O)C[C@H]2O)CCC1. The molecule has 2 unspecified atom stereocenters. The van der Waals surface area contributed by atoms with Crippen LogP contribution >= 0.6 is 0 Å². The van der Waals surface area contributed by atoms with Crippen LogP contribution < -0.4 is 0 Å². The third kappa shape index (κ3) is 3.57. The Kier molecular flexibility index (Phi) is 5.01. The van der Waals surface area contributed by atoms with Crippen molar-refractivity contribution in [2.24, 2.45) is 0 Å².